The zero-order valence-corrected chi connectivity index (χ0v) is 21.8. The van der Waals surface area contributed by atoms with Gasteiger partial charge < -0.3 is 14.0 Å². The average Bonchev–Trinajstić information content (AvgIpc) is 3.37. The molecule has 184 valence electrons. The maximum atomic E-state index is 13.3. The maximum absolute atomic E-state index is 13.3. The first-order valence-corrected chi connectivity index (χ1v) is 12.9. The Morgan fingerprint density at radius 3 is 2.47 bits per heavy atom. The van der Waals surface area contributed by atoms with Crippen molar-refractivity contribution in [2.75, 3.05) is 0 Å². The van der Waals surface area contributed by atoms with Crippen LogP contribution >= 0.6 is 0 Å². The minimum absolute atomic E-state index is 0.00986. The fourth-order valence-corrected chi connectivity index (χ4v) is 5.88. The van der Waals surface area contributed by atoms with Gasteiger partial charge in [0.15, 0.2) is 0 Å². The average molecular weight is 466 g/mol. The van der Waals surface area contributed by atoms with Crippen molar-refractivity contribution in [1.29, 1.82) is 0 Å². The van der Waals surface area contributed by atoms with Gasteiger partial charge in [-0.1, -0.05) is 25.0 Å². The second-order valence-corrected chi connectivity index (χ2v) is 12.5. The van der Waals surface area contributed by atoms with Crippen LogP contribution in [0.3, 0.4) is 0 Å². The lowest BCUT2D eigenvalue weighted by Crippen LogP contribution is -2.48. The number of aliphatic imine (C=N–C) groups is 1. The minimum Gasteiger partial charge on any atom is -0.444 e. The van der Waals surface area contributed by atoms with Crippen LogP contribution in [0, 0.1) is 5.92 Å². The van der Waals surface area contributed by atoms with Gasteiger partial charge in [0, 0.05) is 18.2 Å². The quantitative estimate of drug-likeness (QED) is 0.564. The van der Waals surface area contributed by atoms with Crippen molar-refractivity contribution in [3.8, 4) is 0 Å². The Balaban J connectivity index is 1.41. The van der Waals surface area contributed by atoms with Crippen molar-refractivity contribution in [2.24, 2.45) is 10.9 Å². The van der Waals surface area contributed by atoms with E-state index in [1.54, 1.807) is 0 Å². The normalized spacial score (nSPS) is 29.6. The van der Waals surface area contributed by atoms with Gasteiger partial charge in [-0.25, -0.2) is 4.79 Å². The summed E-state index contributed by atoms with van der Waals surface area (Å²) in [6.07, 6.45) is 6.25. The van der Waals surface area contributed by atoms with Crippen molar-refractivity contribution >= 4 is 30.1 Å². The summed E-state index contributed by atoms with van der Waals surface area (Å²) in [6.45, 7) is 14.1. The van der Waals surface area contributed by atoms with E-state index in [0.29, 0.717) is 5.92 Å². The second kappa shape index (κ2) is 8.09. The predicted molar refractivity (Wildman–Crippen MR) is 135 cm³/mol. The van der Waals surface area contributed by atoms with Gasteiger partial charge >= 0.3 is 13.2 Å². The van der Waals surface area contributed by atoms with Crippen LogP contribution in [-0.4, -0.2) is 52.7 Å². The van der Waals surface area contributed by atoms with Gasteiger partial charge in [0.2, 0.25) is 0 Å². The highest BCUT2D eigenvalue weighted by atomic mass is 16.7. The smallest absolute Gasteiger partial charge is 0.444 e. The predicted octanol–water partition coefficient (Wildman–Crippen LogP) is 5.18. The molecule has 2 saturated heterocycles. The molecule has 0 N–H and O–H groups in total. The number of carbonyl (C=O) groups is 1. The molecule has 1 aromatic carbocycles. The van der Waals surface area contributed by atoms with Crippen molar-refractivity contribution in [3.05, 3.63) is 23.8 Å². The third-order valence-corrected chi connectivity index (χ3v) is 8.35. The molecule has 3 fully saturated rings. The van der Waals surface area contributed by atoms with Crippen molar-refractivity contribution in [3.63, 3.8) is 0 Å². The van der Waals surface area contributed by atoms with Crippen LogP contribution < -0.4 is 5.46 Å². The van der Waals surface area contributed by atoms with Crippen LogP contribution in [0.25, 0.3) is 0 Å². The highest BCUT2D eigenvalue weighted by Gasteiger charge is 2.52. The summed E-state index contributed by atoms with van der Waals surface area (Å²) in [5, 5.41) is 0. The zero-order chi connectivity index (χ0) is 24.5. The molecular formula is C27H39BN2O4. The third-order valence-electron chi connectivity index (χ3n) is 8.35. The van der Waals surface area contributed by atoms with Crippen molar-refractivity contribution in [2.45, 2.75) is 116 Å². The lowest BCUT2D eigenvalue weighted by atomic mass is 9.78. The number of ether oxygens (including phenoxy) is 1. The minimum atomic E-state index is -0.507. The molecule has 1 amide bonds. The van der Waals surface area contributed by atoms with Crippen LogP contribution in [0.15, 0.2) is 23.2 Å². The van der Waals surface area contributed by atoms with E-state index in [4.69, 9.17) is 19.0 Å². The van der Waals surface area contributed by atoms with Gasteiger partial charge in [-0.15, -0.1) is 0 Å². The molecule has 6 nitrogen and oxygen atoms in total. The summed E-state index contributed by atoms with van der Waals surface area (Å²) >= 11 is 0. The summed E-state index contributed by atoms with van der Waals surface area (Å²) in [6, 6.07) is 6.62. The standard InChI is InChI=1S/C27H39BN2O4/c1-25(2,3)32-24(31)30-22-11-9-8-10-18(22)15-23(30)21-14-17-12-13-19(16-20(17)29-21)28-33-26(4,5)27(6,7)34-28/h12-13,16,18,22-23H,8-11,14-15H2,1-7H3. The maximum Gasteiger partial charge on any atom is 0.494 e. The lowest BCUT2D eigenvalue weighted by Gasteiger charge is -2.35. The molecule has 1 saturated carbocycles. The van der Waals surface area contributed by atoms with Gasteiger partial charge in [-0.05, 0) is 90.7 Å². The lowest BCUT2D eigenvalue weighted by molar-refractivity contribution is 0.00578. The van der Waals surface area contributed by atoms with Crippen LogP contribution in [0.2, 0.25) is 0 Å². The van der Waals surface area contributed by atoms with E-state index >= 15 is 0 Å². The summed E-state index contributed by atoms with van der Waals surface area (Å²) < 4.78 is 18.4. The Morgan fingerprint density at radius 2 is 1.79 bits per heavy atom. The van der Waals surface area contributed by atoms with E-state index < -0.39 is 12.7 Å². The molecule has 34 heavy (non-hydrogen) atoms. The van der Waals surface area contributed by atoms with E-state index in [-0.39, 0.29) is 29.4 Å². The van der Waals surface area contributed by atoms with Crippen LogP contribution in [-0.2, 0) is 20.5 Å². The fourth-order valence-electron chi connectivity index (χ4n) is 5.88. The molecule has 0 radical (unpaired) electrons. The molecule has 3 unspecified atom stereocenters. The number of fused-ring (bicyclic) bond motifs is 2. The SMILES string of the molecule is CC(C)(C)OC(=O)N1C(C2=Nc3cc(B4OC(C)(C)C(C)(C)O4)ccc3C2)CC2CCCCC21. The molecule has 1 aromatic rings. The van der Waals surface area contributed by atoms with Gasteiger partial charge in [0.1, 0.15) is 5.60 Å². The number of rotatable bonds is 2. The monoisotopic (exact) mass is 466 g/mol. The number of hydrogen-bond acceptors (Lipinski definition) is 5. The summed E-state index contributed by atoms with van der Waals surface area (Å²) in [4.78, 5) is 20.4. The molecule has 7 heteroatoms. The zero-order valence-electron chi connectivity index (χ0n) is 21.8. The van der Waals surface area contributed by atoms with Gasteiger partial charge in [-0.2, -0.15) is 0 Å². The Bertz CT molecular complexity index is 996. The molecule has 4 aliphatic rings. The molecule has 0 spiro atoms. The molecule has 1 aliphatic carbocycles. The van der Waals surface area contributed by atoms with Gasteiger partial charge in [0.05, 0.1) is 22.9 Å². The van der Waals surface area contributed by atoms with E-state index in [1.807, 2.05) is 25.7 Å². The van der Waals surface area contributed by atoms with Crippen molar-refractivity contribution < 1.29 is 18.8 Å². The van der Waals surface area contributed by atoms with E-state index in [2.05, 4.69) is 45.9 Å². The van der Waals surface area contributed by atoms with Crippen LogP contribution in [0.1, 0.15) is 86.1 Å². The van der Waals surface area contributed by atoms with Gasteiger partial charge in [-0.3, -0.25) is 9.89 Å². The number of hydrogen-bond donors (Lipinski definition) is 0. The first-order valence-electron chi connectivity index (χ1n) is 12.9. The van der Waals surface area contributed by atoms with E-state index in [9.17, 15) is 4.79 Å². The number of carbonyl (C=O) groups excluding carboxylic acids is 1. The topological polar surface area (TPSA) is 60.4 Å². The highest BCUT2D eigenvalue weighted by molar-refractivity contribution is 6.62. The first kappa shape index (κ1) is 23.9. The van der Waals surface area contributed by atoms with Crippen molar-refractivity contribution in [1.82, 2.24) is 4.90 Å². The number of benzene rings is 1. The molecule has 3 atom stereocenters. The third kappa shape index (κ3) is 4.19. The van der Waals surface area contributed by atoms with E-state index in [0.717, 1.165) is 36.1 Å². The molecule has 3 aliphatic heterocycles. The molecule has 3 heterocycles. The number of amides is 1. The largest absolute Gasteiger partial charge is 0.494 e. The molecule has 0 aromatic heterocycles. The van der Waals surface area contributed by atoms with Gasteiger partial charge in [0.25, 0.3) is 0 Å². The molecule has 0 bridgehead atoms. The highest BCUT2D eigenvalue weighted by Crippen LogP contribution is 2.43. The summed E-state index contributed by atoms with van der Waals surface area (Å²) in [5.74, 6) is 0.540. The number of likely N-dealkylation sites (tertiary alicyclic amines) is 1. The summed E-state index contributed by atoms with van der Waals surface area (Å²) in [7, 11) is -0.401. The Labute approximate surface area is 204 Å². The number of nitrogens with zero attached hydrogens (tertiary/aromatic N) is 2. The Hall–Kier alpha value is -1.86. The first-order chi connectivity index (χ1) is 15.8. The van der Waals surface area contributed by atoms with E-state index in [1.165, 1.54) is 24.8 Å². The molecular weight excluding hydrogens is 427 g/mol. The second-order valence-electron chi connectivity index (χ2n) is 12.5. The molecule has 5 rings (SSSR count). The van der Waals surface area contributed by atoms with Crippen LogP contribution in [0.4, 0.5) is 10.5 Å². The Morgan fingerprint density at radius 1 is 1.12 bits per heavy atom. The Kier molecular flexibility index (Phi) is 5.68. The fraction of sp³-hybridized carbons (Fsp3) is 0.704. The van der Waals surface area contributed by atoms with Crippen LogP contribution in [0.5, 0.6) is 0 Å². The summed E-state index contributed by atoms with van der Waals surface area (Å²) in [5.41, 5.74) is 2.99.